The van der Waals surface area contributed by atoms with Gasteiger partial charge in [-0.05, 0) is 33.9 Å². The maximum Gasteiger partial charge on any atom is 0.116 e. The molecule has 0 amide bonds. The molecule has 0 aliphatic heterocycles. The number of fused-ring (bicyclic) bond motifs is 1. The zero-order valence-corrected chi connectivity index (χ0v) is 13.4. The van der Waals surface area contributed by atoms with Crippen LogP contribution in [0.5, 0.6) is 5.75 Å². The summed E-state index contributed by atoms with van der Waals surface area (Å²) in [6.07, 6.45) is 0. The highest BCUT2D eigenvalue weighted by Crippen LogP contribution is 2.31. The van der Waals surface area contributed by atoms with Crippen molar-refractivity contribution in [1.82, 2.24) is 0 Å². The molecule has 0 radical (unpaired) electrons. The zero-order valence-electron chi connectivity index (χ0n) is 13.4. The lowest BCUT2D eigenvalue weighted by Crippen LogP contribution is -2.11. The molecule has 1 nitrogen and oxygen atoms in total. The van der Waals surface area contributed by atoms with E-state index in [4.69, 9.17) is 0 Å². The fraction of sp³-hybridized carbons (Fsp3) is 0.444. The highest BCUT2D eigenvalue weighted by Gasteiger charge is 2.16. The van der Waals surface area contributed by atoms with E-state index in [0.717, 1.165) is 5.39 Å². The molecule has 0 atom stereocenters. The third-order valence-electron chi connectivity index (χ3n) is 2.67. The molecule has 0 aromatic heterocycles. The van der Waals surface area contributed by atoms with Crippen LogP contribution in [-0.2, 0) is 5.41 Å². The van der Waals surface area contributed by atoms with Crippen LogP contribution in [0.1, 0.15) is 54.0 Å². The summed E-state index contributed by atoms with van der Waals surface area (Å²) in [5.74, 6) is 0.327. The third-order valence-corrected chi connectivity index (χ3v) is 2.67. The largest absolute Gasteiger partial charge is 0.508 e. The molecule has 2 aromatic carbocycles. The molecule has 2 rings (SSSR count). The molecule has 106 valence electrons. The molecule has 0 aliphatic rings. The van der Waals surface area contributed by atoms with E-state index in [0.29, 0.717) is 5.75 Å². The standard InChI is InChI=1S/C14H16O.2C2H6/c1-14(2,3)13-6-4-5-10-9-11(15)7-8-12(10)13;2*1-2/h4-9,15H,1-3H3;2*1-2H3. The van der Waals surface area contributed by atoms with E-state index in [1.807, 2.05) is 52.0 Å². The van der Waals surface area contributed by atoms with Crippen LogP contribution < -0.4 is 0 Å². The van der Waals surface area contributed by atoms with Gasteiger partial charge in [0, 0.05) is 0 Å². The third kappa shape index (κ3) is 4.59. The van der Waals surface area contributed by atoms with Gasteiger partial charge in [0.2, 0.25) is 0 Å². The Kier molecular flexibility index (Phi) is 7.21. The first-order valence-corrected chi connectivity index (χ1v) is 7.21. The fourth-order valence-electron chi connectivity index (χ4n) is 1.93. The van der Waals surface area contributed by atoms with E-state index in [1.54, 1.807) is 6.07 Å². The van der Waals surface area contributed by atoms with E-state index in [-0.39, 0.29) is 5.41 Å². The van der Waals surface area contributed by atoms with Crippen molar-refractivity contribution in [1.29, 1.82) is 0 Å². The second-order valence-corrected chi connectivity index (χ2v) is 4.96. The van der Waals surface area contributed by atoms with Gasteiger partial charge >= 0.3 is 0 Å². The Balaban J connectivity index is 0.000000741. The lowest BCUT2D eigenvalue weighted by molar-refractivity contribution is 0.476. The summed E-state index contributed by atoms with van der Waals surface area (Å²) < 4.78 is 0. The second kappa shape index (κ2) is 7.83. The minimum atomic E-state index is 0.135. The highest BCUT2D eigenvalue weighted by atomic mass is 16.3. The molecule has 1 N–H and O–H groups in total. The van der Waals surface area contributed by atoms with Crippen LogP contribution in [0.25, 0.3) is 10.8 Å². The number of hydrogen-bond acceptors (Lipinski definition) is 1. The number of benzene rings is 2. The Morgan fingerprint density at radius 2 is 1.42 bits per heavy atom. The molecule has 0 saturated heterocycles. The maximum absolute atomic E-state index is 9.42. The van der Waals surface area contributed by atoms with Crippen molar-refractivity contribution in [2.75, 3.05) is 0 Å². The van der Waals surface area contributed by atoms with Crippen molar-refractivity contribution in [2.45, 2.75) is 53.9 Å². The van der Waals surface area contributed by atoms with Crippen molar-refractivity contribution >= 4 is 10.8 Å². The monoisotopic (exact) mass is 260 g/mol. The predicted octanol–water partition coefficient (Wildman–Crippen LogP) is 5.90. The minimum Gasteiger partial charge on any atom is -0.508 e. The van der Waals surface area contributed by atoms with Gasteiger partial charge in [-0.15, -0.1) is 0 Å². The molecule has 0 spiro atoms. The fourth-order valence-corrected chi connectivity index (χ4v) is 1.93. The second-order valence-electron chi connectivity index (χ2n) is 4.96. The number of phenolic OH excluding ortho intramolecular Hbond substituents is 1. The number of rotatable bonds is 0. The smallest absolute Gasteiger partial charge is 0.116 e. The summed E-state index contributed by atoms with van der Waals surface area (Å²) in [5.41, 5.74) is 1.45. The van der Waals surface area contributed by atoms with Gasteiger partial charge in [-0.1, -0.05) is 72.7 Å². The molecular weight excluding hydrogens is 232 g/mol. The van der Waals surface area contributed by atoms with Crippen molar-refractivity contribution in [3.05, 3.63) is 42.0 Å². The predicted molar refractivity (Wildman–Crippen MR) is 87.0 cm³/mol. The lowest BCUT2D eigenvalue weighted by atomic mass is 9.84. The molecule has 19 heavy (non-hydrogen) atoms. The number of phenols is 1. The van der Waals surface area contributed by atoms with Crippen LogP contribution in [0.3, 0.4) is 0 Å². The first-order valence-electron chi connectivity index (χ1n) is 7.21. The van der Waals surface area contributed by atoms with Gasteiger partial charge in [-0.25, -0.2) is 0 Å². The van der Waals surface area contributed by atoms with Gasteiger partial charge in [0.1, 0.15) is 5.75 Å². The first kappa shape index (κ1) is 17.5. The molecule has 2 aromatic rings. The van der Waals surface area contributed by atoms with E-state index >= 15 is 0 Å². The van der Waals surface area contributed by atoms with Crippen molar-refractivity contribution in [3.8, 4) is 5.75 Å². The summed E-state index contributed by atoms with van der Waals surface area (Å²) in [6, 6.07) is 11.8. The molecule has 0 fully saturated rings. The van der Waals surface area contributed by atoms with E-state index in [1.165, 1.54) is 10.9 Å². The summed E-state index contributed by atoms with van der Waals surface area (Å²) >= 11 is 0. The van der Waals surface area contributed by atoms with Crippen LogP contribution in [0.2, 0.25) is 0 Å². The Morgan fingerprint density at radius 3 is 1.95 bits per heavy atom. The van der Waals surface area contributed by atoms with E-state index in [2.05, 4.69) is 26.8 Å². The van der Waals surface area contributed by atoms with Crippen LogP contribution in [-0.4, -0.2) is 5.11 Å². The zero-order chi connectivity index (χ0) is 15.1. The minimum absolute atomic E-state index is 0.135. The average molecular weight is 260 g/mol. The molecular formula is C18H28O. The molecule has 0 heterocycles. The van der Waals surface area contributed by atoms with Crippen LogP contribution >= 0.6 is 0 Å². The molecule has 1 heteroatoms. The summed E-state index contributed by atoms with van der Waals surface area (Å²) in [7, 11) is 0. The number of hydrogen-bond donors (Lipinski definition) is 1. The Bertz CT molecular complexity index is 493. The normalized spacial score (nSPS) is 10.1. The van der Waals surface area contributed by atoms with Crippen LogP contribution in [0.4, 0.5) is 0 Å². The maximum atomic E-state index is 9.42. The first-order chi connectivity index (χ1) is 8.98. The van der Waals surface area contributed by atoms with Crippen molar-refractivity contribution in [2.24, 2.45) is 0 Å². The topological polar surface area (TPSA) is 20.2 Å². The summed E-state index contributed by atoms with van der Waals surface area (Å²) in [6.45, 7) is 14.6. The summed E-state index contributed by atoms with van der Waals surface area (Å²) in [4.78, 5) is 0. The van der Waals surface area contributed by atoms with E-state index < -0.39 is 0 Å². The lowest BCUT2D eigenvalue weighted by Gasteiger charge is -2.21. The molecule has 0 aliphatic carbocycles. The van der Waals surface area contributed by atoms with Gasteiger partial charge in [-0.3, -0.25) is 0 Å². The van der Waals surface area contributed by atoms with Crippen molar-refractivity contribution < 1.29 is 5.11 Å². The molecule has 0 unspecified atom stereocenters. The highest BCUT2D eigenvalue weighted by molar-refractivity contribution is 5.87. The van der Waals surface area contributed by atoms with Crippen LogP contribution in [0, 0.1) is 0 Å². The SMILES string of the molecule is CC.CC.CC(C)(C)c1cccc2cc(O)ccc12. The number of aromatic hydroxyl groups is 1. The Labute approximate surface area is 118 Å². The Hall–Kier alpha value is -1.50. The summed E-state index contributed by atoms with van der Waals surface area (Å²) in [5, 5.41) is 11.7. The van der Waals surface area contributed by atoms with Gasteiger partial charge in [0.15, 0.2) is 0 Å². The quantitative estimate of drug-likeness (QED) is 0.625. The van der Waals surface area contributed by atoms with Gasteiger partial charge in [0.25, 0.3) is 0 Å². The molecule has 0 bridgehead atoms. The average Bonchev–Trinajstić information content (AvgIpc) is 2.41. The van der Waals surface area contributed by atoms with Gasteiger partial charge < -0.3 is 5.11 Å². The molecule has 0 saturated carbocycles. The van der Waals surface area contributed by atoms with E-state index in [9.17, 15) is 5.11 Å². The van der Waals surface area contributed by atoms with Gasteiger partial charge in [-0.2, -0.15) is 0 Å². The van der Waals surface area contributed by atoms with Crippen molar-refractivity contribution in [3.63, 3.8) is 0 Å². The van der Waals surface area contributed by atoms with Gasteiger partial charge in [0.05, 0.1) is 0 Å². The Morgan fingerprint density at radius 1 is 0.842 bits per heavy atom. The van der Waals surface area contributed by atoms with Crippen LogP contribution in [0.15, 0.2) is 36.4 Å².